The largest absolute Gasteiger partial charge is 0.385 e. The molecule has 0 unspecified atom stereocenters. The van der Waals surface area contributed by atoms with Gasteiger partial charge in [-0.25, -0.2) is 0 Å². The number of methoxy groups -OCH3 is 1. The first-order valence-electron chi connectivity index (χ1n) is 8.85. The van der Waals surface area contributed by atoms with Crippen LogP contribution >= 0.6 is 0 Å². The van der Waals surface area contributed by atoms with E-state index in [0.717, 1.165) is 51.7 Å². The van der Waals surface area contributed by atoms with Gasteiger partial charge in [-0.05, 0) is 45.2 Å². The van der Waals surface area contributed by atoms with Gasteiger partial charge in [0.2, 0.25) is 0 Å². The molecule has 0 amide bonds. The number of hydrogen-bond acceptors (Lipinski definition) is 3. The molecule has 1 aliphatic rings. The van der Waals surface area contributed by atoms with Gasteiger partial charge in [-0.1, -0.05) is 19.8 Å². The van der Waals surface area contributed by atoms with E-state index in [1.807, 2.05) is 0 Å². The van der Waals surface area contributed by atoms with E-state index in [1.165, 1.54) is 25.7 Å². The predicted molar refractivity (Wildman–Crippen MR) is 94.5 cm³/mol. The lowest BCUT2D eigenvalue weighted by atomic mass is 9.83. The van der Waals surface area contributed by atoms with Crippen LogP contribution in [-0.4, -0.2) is 64.3 Å². The monoisotopic (exact) mass is 312 g/mol. The third-order valence-corrected chi connectivity index (χ3v) is 4.74. The average molecular weight is 313 g/mol. The molecule has 0 heterocycles. The van der Waals surface area contributed by atoms with Gasteiger partial charge in [0.15, 0.2) is 5.96 Å². The Morgan fingerprint density at radius 3 is 2.55 bits per heavy atom. The Balaban J connectivity index is 2.51. The highest BCUT2D eigenvalue weighted by Gasteiger charge is 2.33. The zero-order valence-corrected chi connectivity index (χ0v) is 15.1. The van der Waals surface area contributed by atoms with Crippen LogP contribution in [0.15, 0.2) is 4.99 Å². The number of nitrogens with one attached hydrogen (secondary N) is 2. The molecule has 0 atom stereocenters. The summed E-state index contributed by atoms with van der Waals surface area (Å²) in [6.07, 6.45) is 6.38. The first kappa shape index (κ1) is 19.2. The normalized spacial score (nSPS) is 18.0. The molecule has 5 nitrogen and oxygen atoms in total. The molecule has 2 N–H and O–H groups in total. The van der Waals surface area contributed by atoms with E-state index in [1.54, 1.807) is 7.11 Å². The van der Waals surface area contributed by atoms with Crippen molar-refractivity contribution in [1.29, 1.82) is 0 Å². The third-order valence-electron chi connectivity index (χ3n) is 4.74. The van der Waals surface area contributed by atoms with Gasteiger partial charge in [0.05, 0.1) is 0 Å². The minimum absolute atomic E-state index is 0.360. The summed E-state index contributed by atoms with van der Waals surface area (Å²) in [7, 11) is 3.94. The van der Waals surface area contributed by atoms with Crippen LogP contribution in [0.1, 0.15) is 46.0 Å². The zero-order valence-electron chi connectivity index (χ0n) is 15.1. The molecular weight excluding hydrogens is 276 g/mol. The van der Waals surface area contributed by atoms with E-state index in [0.29, 0.717) is 5.41 Å². The van der Waals surface area contributed by atoms with E-state index < -0.39 is 0 Å². The standard InChI is InChI=1S/C17H36N4O/c1-5-18-16(19-12-13-21(3)6-2)20-15-17(11-14-22-4)9-7-8-10-17/h5-15H2,1-4H3,(H2,18,19,20). The highest BCUT2D eigenvalue weighted by Crippen LogP contribution is 2.41. The first-order chi connectivity index (χ1) is 10.7. The van der Waals surface area contributed by atoms with Crippen LogP contribution in [0.4, 0.5) is 0 Å². The van der Waals surface area contributed by atoms with Crippen LogP contribution in [-0.2, 0) is 4.74 Å². The molecule has 0 spiro atoms. The van der Waals surface area contributed by atoms with Crippen LogP contribution in [0, 0.1) is 5.41 Å². The molecule has 0 saturated heterocycles. The minimum atomic E-state index is 0.360. The summed E-state index contributed by atoms with van der Waals surface area (Å²) in [6.45, 7) is 10.0. The fourth-order valence-electron chi connectivity index (χ4n) is 3.04. The lowest BCUT2D eigenvalue weighted by molar-refractivity contribution is 0.141. The van der Waals surface area contributed by atoms with Crippen LogP contribution in [0.2, 0.25) is 0 Å². The molecule has 0 radical (unpaired) electrons. The van der Waals surface area contributed by atoms with Crippen molar-refractivity contribution in [3.63, 3.8) is 0 Å². The Morgan fingerprint density at radius 1 is 1.23 bits per heavy atom. The maximum Gasteiger partial charge on any atom is 0.191 e. The van der Waals surface area contributed by atoms with Crippen molar-refractivity contribution in [2.24, 2.45) is 10.4 Å². The Hall–Kier alpha value is -0.810. The Morgan fingerprint density at radius 2 is 1.95 bits per heavy atom. The van der Waals surface area contributed by atoms with Gasteiger partial charge in [-0.2, -0.15) is 0 Å². The SMILES string of the molecule is CCNC(=NCC1(CCOC)CCCC1)NCCN(C)CC. The summed E-state index contributed by atoms with van der Waals surface area (Å²) >= 11 is 0. The summed E-state index contributed by atoms with van der Waals surface area (Å²) < 4.78 is 5.30. The van der Waals surface area contributed by atoms with Crippen molar-refractivity contribution in [2.75, 3.05) is 53.5 Å². The molecule has 1 fully saturated rings. The number of ether oxygens (including phenoxy) is 1. The van der Waals surface area contributed by atoms with E-state index in [-0.39, 0.29) is 0 Å². The van der Waals surface area contributed by atoms with E-state index in [9.17, 15) is 0 Å². The number of hydrogen-bond donors (Lipinski definition) is 2. The summed E-state index contributed by atoms with van der Waals surface area (Å²) in [6, 6.07) is 0. The van der Waals surface area contributed by atoms with Gasteiger partial charge in [-0.15, -0.1) is 0 Å². The lowest BCUT2D eigenvalue weighted by Gasteiger charge is -2.27. The van der Waals surface area contributed by atoms with Crippen LogP contribution < -0.4 is 10.6 Å². The molecule has 0 aromatic rings. The van der Waals surface area contributed by atoms with E-state index in [4.69, 9.17) is 9.73 Å². The Bertz CT molecular complexity index is 314. The van der Waals surface area contributed by atoms with Gasteiger partial charge in [-0.3, -0.25) is 4.99 Å². The lowest BCUT2D eigenvalue weighted by Crippen LogP contribution is -2.41. The number of nitrogens with zero attached hydrogens (tertiary/aromatic N) is 2. The Labute approximate surface area is 136 Å². The molecule has 1 aliphatic carbocycles. The van der Waals surface area contributed by atoms with Gasteiger partial charge < -0.3 is 20.3 Å². The number of aliphatic imine (C=N–C) groups is 1. The van der Waals surface area contributed by atoms with Crippen molar-refractivity contribution in [3.05, 3.63) is 0 Å². The number of guanidine groups is 1. The molecular formula is C17H36N4O. The smallest absolute Gasteiger partial charge is 0.191 e. The van der Waals surface area contributed by atoms with Gasteiger partial charge >= 0.3 is 0 Å². The number of likely N-dealkylation sites (N-methyl/N-ethyl adjacent to an activating group) is 1. The highest BCUT2D eigenvalue weighted by molar-refractivity contribution is 5.79. The molecule has 130 valence electrons. The van der Waals surface area contributed by atoms with Crippen LogP contribution in [0.25, 0.3) is 0 Å². The second kappa shape index (κ2) is 10.8. The molecule has 0 aliphatic heterocycles. The van der Waals surface area contributed by atoms with E-state index >= 15 is 0 Å². The van der Waals surface area contributed by atoms with Crippen LogP contribution in [0.3, 0.4) is 0 Å². The molecule has 0 bridgehead atoms. The predicted octanol–water partition coefficient (Wildman–Crippen LogP) is 2.09. The van der Waals surface area contributed by atoms with Gasteiger partial charge in [0.25, 0.3) is 0 Å². The maximum atomic E-state index is 5.30. The molecule has 1 rings (SSSR count). The summed E-state index contributed by atoms with van der Waals surface area (Å²) in [5.74, 6) is 0.954. The minimum Gasteiger partial charge on any atom is -0.385 e. The molecule has 22 heavy (non-hydrogen) atoms. The second-order valence-electron chi connectivity index (χ2n) is 6.47. The number of rotatable bonds is 10. The second-order valence-corrected chi connectivity index (χ2v) is 6.47. The fourth-order valence-corrected chi connectivity index (χ4v) is 3.04. The van der Waals surface area contributed by atoms with Gasteiger partial charge in [0.1, 0.15) is 0 Å². The van der Waals surface area contributed by atoms with Gasteiger partial charge in [0, 0.05) is 39.9 Å². The molecule has 0 aromatic carbocycles. The van der Waals surface area contributed by atoms with E-state index in [2.05, 4.69) is 36.4 Å². The summed E-state index contributed by atoms with van der Waals surface area (Å²) in [5, 5.41) is 6.81. The summed E-state index contributed by atoms with van der Waals surface area (Å²) in [5.41, 5.74) is 0.360. The third kappa shape index (κ3) is 6.97. The average Bonchev–Trinajstić information content (AvgIpc) is 2.99. The quantitative estimate of drug-likeness (QED) is 0.479. The molecule has 1 saturated carbocycles. The van der Waals surface area contributed by atoms with Crippen molar-refractivity contribution in [3.8, 4) is 0 Å². The Kier molecular flexibility index (Phi) is 9.48. The van der Waals surface area contributed by atoms with Crippen molar-refractivity contribution in [1.82, 2.24) is 15.5 Å². The highest BCUT2D eigenvalue weighted by atomic mass is 16.5. The topological polar surface area (TPSA) is 48.9 Å². The fraction of sp³-hybridized carbons (Fsp3) is 0.941. The molecule has 0 aromatic heterocycles. The van der Waals surface area contributed by atoms with Crippen LogP contribution in [0.5, 0.6) is 0 Å². The maximum absolute atomic E-state index is 5.30. The zero-order chi connectivity index (χ0) is 16.3. The summed E-state index contributed by atoms with van der Waals surface area (Å²) in [4.78, 5) is 7.16. The van der Waals surface area contributed by atoms with Crippen molar-refractivity contribution in [2.45, 2.75) is 46.0 Å². The van der Waals surface area contributed by atoms with Crippen molar-refractivity contribution >= 4 is 5.96 Å². The van der Waals surface area contributed by atoms with Crippen molar-refractivity contribution < 1.29 is 4.74 Å². The first-order valence-corrected chi connectivity index (χ1v) is 8.85. The molecule has 5 heteroatoms.